The summed E-state index contributed by atoms with van der Waals surface area (Å²) in [6.45, 7) is 0. The van der Waals surface area contributed by atoms with Crippen LogP contribution in [0.4, 0.5) is 0 Å². The maximum absolute atomic E-state index is 10.6. The first kappa shape index (κ1) is 14.6. The Kier molecular flexibility index (Phi) is 4.99. The van der Waals surface area contributed by atoms with Crippen LogP contribution in [0.1, 0.15) is 6.42 Å². The van der Waals surface area contributed by atoms with Gasteiger partial charge in [-0.05, 0) is 6.42 Å². The largest absolute Gasteiger partial charge is 0.335 e. The summed E-state index contributed by atoms with van der Waals surface area (Å²) >= 11 is 0. The van der Waals surface area contributed by atoms with Gasteiger partial charge in [0, 0.05) is 0 Å². The van der Waals surface area contributed by atoms with Gasteiger partial charge in [0.15, 0.2) is 0 Å². The Morgan fingerprint density at radius 2 is 1.13 bits per heavy atom. The standard InChI is InChI=1S/C5H10O8P2/c6-2-4(14(8,9)10)1-5(3-7)15(11,12)13/h2-5H,1H2,(H2,8,9,10)(H2,11,12,13). The van der Waals surface area contributed by atoms with E-state index >= 15 is 0 Å². The molecule has 0 radical (unpaired) electrons. The van der Waals surface area contributed by atoms with Gasteiger partial charge in [-0.25, -0.2) is 0 Å². The average molecular weight is 260 g/mol. The van der Waals surface area contributed by atoms with Gasteiger partial charge < -0.3 is 29.2 Å². The molecule has 0 spiro atoms. The molecule has 0 aromatic rings. The Morgan fingerprint density at radius 1 is 0.867 bits per heavy atom. The van der Waals surface area contributed by atoms with E-state index in [1.54, 1.807) is 0 Å². The van der Waals surface area contributed by atoms with E-state index in [0.29, 0.717) is 0 Å². The van der Waals surface area contributed by atoms with E-state index in [4.69, 9.17) is 19.6 Å². The Balaban J connectivity index is 4.83. The van der Waals surface area contributed by atoms with E-state index < -0.39 is 32.9 Å². The molecule has 0 rings (SSSR count). The quantitative estimate of drug-likeness (QED) is 0.346. The first-order valence-electron chi connectivity index (χ1n) is 3.64. The van der Waals surface area contributed by atoms with E-state index in [2.05, 4.69) is 0 Å². The second-order valence-corrected chi connectivity index (χ2v) is 6.50. The molecule has 0 saturated heterocycles. The molecule has 8 nitrogen and oxygen atoms in total. The van der Waals surface area contributed by atoms with Gasteiger partial charge >= 0.3 is 15.2 Å². The maximum atomic E-state index is 10.6. The second-order valence-electron chi connectivity index (χ2n) is 2.82. The summed E-state index contributed by atoms with van der Waals surface area (Å²) in [4.78, 5) is 54.9. The van der Waals surface area contributed by atoms with Gasteiger partial charge in [-0.15, -0.1) is 0 Å². The predicted octanol–water partition coefficient (Wildman–Crippen LogP) is -1.13. The number of carbonyl (C=O) groups is 2. The molecule has 0 bridgehead atoms. The number of aldehydes is 2. The van der Waals surface area contributed by atoms with Crippen molar-refractivity contribution in [3.8, 4) is 0 Å². The lowest BCUT2D eigenvalue weighted by Crippen LogP contribution is -2.21. The zero-order chi connectivity index (χ0) is 12.3. The summed E-state index contributed by atoms with van der Waals surface area (Å²) in [5.41, 5.74) is -3.75. The number of carbonyl (C=O) groups excluding carboxylic acids is 2. The Labute approximate surface area is 84.6 Å². The minimum absolute atomic E-state index is 0.118. The number of hydrogen-bond acceptors (Lipinski definition) is 4. The molecule has 88 valence electrons. The van der Waals surface area contributed by atoms with Crippen LogP contribution in [0.15, 0.2) is 0 Å². The first-order chi connectivity index (χ1) is 6.62. The molecule has 0 aromatic carbocycles. The SMILES string of the molecule is O=CC(CC(C=O)P(=O)(O)O)P(=O)(O)O. The first-order valence-corrected chi connectivity index (χ1v) is 7.00. The van der Waals surface area contributed by atoms with Crippen molar-refractivity contribution in [2.24, 2.45) is 0 Å². The van der Waals surface area contributed by atoms with Crippen molar-refractivity contribution in [1.82, 2.24) is 0 Å². The molecule has 0 aliphatic carbocycles. The van der Waals surface area contributed by atoms with E-state index in [1.165, 1.54) is 0 Å². The fraction of sp³-hybridized carbons (Fsp3) is 0.600. The van der Waals surface area contributed by atoms with Crippen molar-refractivity contribution in [3.63, 3.8) is 0 Å². The topological polar surface area (TPSA) is 149 Å². The molecule has 0 fully saturated rings. The molecule has 0 aliphatic rings. The van der Waals surface area contributed by atoms with Crippen molar-refractivity contribution in [2.75, 3.05) is 0 Å². The van der Waals surface area contributed by atoms with Crippen molar-refractivity contribution in [2.45, 2.75) is 17.7 Å². The molecule has 2 unspecified atom stereocenters. The van der Waals surface area contributed by atoms with E-state index in [-0.39, 0.29) is 12.6 Å². The van der Waals surface area contributed by atoms with Crippen LogP contribution in [0.2, 0.25) is 0 Å². The highest BCUT2D eigenvalue weighted by Crippen LogP contribution is 2.48. The third-order valence-corrected chi connectivity index (χ3v) is 4.05. The lowest BCUT2D eigenvalue weighted by atomic mass is 10.2. The van der Waals surface area contributed by atoms with Gasteiger partial charge in [-0.1, -0.05) is 0 Å². The minimum atomic E-state index is -4.78. The Morgan fingerprint density at radius 3 is 1.27 bits per heavy atom. The molecule has 0 saturated carbocycles. The average Bonchev–Trinajstić information content (AvgIpc) is 2.01. The molecule has 0 aromatic heterocycles. The molecular formula is C5H10O8P2. The summed E-state index contributed by atoms with van der Waals surface area (Å²) in [5, 5.41) is 0. The Bertz CT molecular complexity index is 294. The van der Waals surface area contributed by atoms with Crippen LogP contribution in [0.25, 0.3) is 0 Å². The fourth-order valence-corrected chi connectivity index (χ4v) is 2.28. The van der Waals surface area contributed by atoms with Crippen LogP contribution < -0.4 is 0 Å². The summed E-state index contributed by atoms with van der Waals surface area (Å²) in [7, 11) is -9.57. The lowest BCUT2D eigenvalue weighted by molar-refractivity contribution is -0.108. The molecule has 15 heavy (non-hydrogen) atoms. The van der Waals surface area contributed by atoms with Crippen molar-refractivity contribution in [1.29, 1.82) is 0 Å². The highest BCUT2D eigenvalue weighted by Gasteiger charge is 2.37. The monoisotopic (exact) mass is 260 g/mol. The predicted molar refractivity (Wildman–Crippen MR) is 48.4 cm³/mol. The van der Waals surface area contributed by atoms with Gasteiger partial charge in [-0.2, -0.15) is 0 Å². The molecule has 10 heteroatoms. The van der Waals surface area contributed by atoms with Gasteiger partial charge in [0.2, 0.25) is 0 Å². The third kappa shape index (κ3) is 4.79. The van der Waals surface area contributed by atoms with Crippen LogP contribution in [0.5, 0.6) is 0 Å². The zero-order valence-electron chi connectivity index (χ0n) is 7.33. The van der Waals surface area contributed by atoms with Crippen LogP contribution in [0, 0.1) is 0 Å². The third-order valence-electron chi connectivity index (χ3n) is 1.66. The fourth-order valence-electron chi connectivity index (χ4n) is 0.792. The zero-order valence-corrected chi connectivity index (χ0v) is 9.12. The van der Waals surface area contributed by atoms with Gasteiger partial charge in [0.25, 0.3) is 0 Å². The van der Waals surface area contributed by atoms with Crippen LogP contribution in [-0.4, -0.2) is 43.5 Å². The van der Waals surface area contributed by atoms with Crippen LogP contribution in [0.3, 0.4) is 0 Å². The van der Waals surface area contributed by atoms with Gasteiger partial charge in [0.05, 0.1) is 0 Å². The van der Waals surface area contributed by atoms with Crippen molar-refractivity contribution < 1.29 is 38.3 Å². The number of rotatable bonds is 6. The molecular weight excluding hydrogens is 250 g/mol. The molecule has 2 atom stereocenters. The maximum Gasteiger partial charge on any atom is 0.335 e. The number of hydrogen-bond donors (Lipinski definition) is 4. The summed E-state index contributed by atoms with van der Waals surface area (Å²) < 4.78 is 21.3. The second kappa shape index (κ2) is 5.12. The molecule has 0 amide bonds. The minimum Gasteiger partial charge on any atom is -0.324 e. The highest BCUT2D eigenvalue weighted by atomic mass is 31.2. The van der Waals surface area contributed by atoms with E-state index in [9.17, 15) is 18.7 Å². The Hall–Kier alpha value is -0.360. The van der Waals surface area contributed by atoms with E-state index in [1.807, 2.05) is 0 Å². The van der Waals surface area contributed by atoms with Gasteiger partial charge in [-0.3, -0.25) is 9.13 Å². The van der Waals surface area contributed by atoms with Crippen LogP contribution >= 0.6 is 15.2 Å². The normalized spacial score (nSPS) is 16.8. The van der Waals surface area contributed by atoms with Crippen LogP contribution in [-0.2, 0) is 18.7 Å². The molecule has 0 aliphatic heterocycles. The smallest absolute Gasteiger partial charge is 0.324 e. The summed E-state index contributed by atoms with van der Waals surface area (Å²) in [6, 6.07) is 0. The highest BCUT2D eigenvalue weighted by molar-refractivity contribution is 7.54. The van der Waals surface area contributed by atoms with Gasteiger partial charge in [0.1, 0.15) is 23.9 Å². The lowest BCUT2D eigenvalue weighted by Gasteiger charge is -2.17. The van der Waals surface area contributed by atoms with Crippen molar-refractivity contribution >= 4 is 27.8 Å². The van der Waals surface area contributed by atoms with E-state index in [0.717, 1.165) is 0 Å². The van der Waals surface area contributed by atoms with Crippen molar-refractivity contribution in [3.05, 3.63) is 0 Å². The summed E-state index contributed by atoms with van der Waals surface area (Å²) in [5.74, 6) is 0. The molecule has 4 N–H and O–H groups in total. The molecule has 0 heterocycles. The summed E-state index contributed by atoms with van der Waals surface area (Å²) in [6.07, 6.45) is -1.11.